The lowest BCUT2D eigenvalue weighted by molar-refractivity contribution is 0.0354. The van der Waals surface area contributed by atoms with Crippen LogP contribution in [0.25, 0.3) is 0 Å². The zero-order valence-electron chi connectivity index (χ0n) is 19.6. The van der Waals surface area contributed by atoms with E-state index in [0.29, 0.717) is 5.96 Å². The van der Waals surface area contributed by atoms with E-state index in [-0.39, 0.29) is 18.1 Å². The molecule has 174 valence electrons. The Morgan fingerprint density at radius 1 is 1.06 bits per heavy atom. The van der Waals surface area contributed by atoms with E-state index in [9.17, 15) is 5.11 Å². The fraction of sp³-hybridized carbons (Fsp3) is 0.500. The van der Waals surface area contributed by atoms with Crippen molar-refractivity contribution in [3.8, 4) is 0 Å². The van der Waals surface area contributed by atoms with E-state index in [1.807, 2.05) is 43.3 Å². The highest BCUT2D eigenvalue weighted by Gasteiger charge is 2.34. The molecule has 2 unspecified atom stereocenters. The molecular weight excluding hydrogens is 400 g/mol. The summed E-state index contributed by atoms with van der Waals surface area (Å²) in [5, 5.41) is 21.6. The highest BCUT2D eigenvalue weighted by Crippen LogP contribution is 2.25. The molecule has 3 rings (SSSR count). The number of rotatable bonds is 9. The Bertz CT molecular complexity index is 833. The van der Waals surface area contributed by atoms with Crippen molar-refractivity contribution in [2.75, 3.05) is 32.8 Å². The molecule has 4 N–H and O–H groups in total. The Hall–Kier alpha value is -2.41. The quantitative estimate of drug-likeness (QED) is 0.357. The van der Waals surface area contributed by atoms with Gasteiger partial charge in [-0.2, -0.15) is 0 Å². The maximum Gasteiger partial charge on any atom is 0.191 e. The van der Waals surface area contributed by atoms with Gasteiger partial charge in [0.15, 0.2) is 5.96 Å². The highest BCUT2D eigenvalue weighted by molar-refractivity contribution is 5.79. The summed E-state index contributed by atoms with van der Waals surface area (Å²) >= 11 is 0. The van der Waals surface area contributed by atoms with E-state index >= 15 is 0 Å². The zero-order valence-corrected chi connectivity index (χ0v) is 19.6. The smallest absolute Gasteiger partial charge is 0.191 e. The molecule has 0 bridgehead atoms. The van der Waals surface area contributed by atoms with Gasteiger partial charge in [-0.25, -0.2) is 4.99 Å². The summed E-state index contributed by atoms with van der Waals surface area (Å²) in [5.74, 6) is 0.712. The first-order valence-electron chi connectivity index (χ1n) is 11.6. The fourth-order valence-corrected chi connectivity index (χ4v) is 4.13. The largest absolute Gasteiger partial charge is 0.384 e. The standard InChI is InChI=1S/C26H38N4O2/c1-4-27-24(28-19-25(3,31)23-13-9-6-10-14-23)29-20-26(15-17-32-18-16-26)30-21(2)22-11-7-5-8-12-22/h5-14,21,30-31H,4,15-20H2,1-3H3,(H2,27,28,29). The van der Waals surface area contributed by atoms with Gasteiger partial charge in [-0.15, -0.1) is 0 Å². The van der Waals surface area contributed by atoms with Gasteiger partial charge < -0.3 is 25.8 Å². The molecule has 0 radical (unpaired) electrons. The van der Waals surface area contributed by atoms with Crippen LogP contribution in [0, 0.1) is 0 Å². The van der Waals surface area contributed by atoms with Gasteiger partial charge >= 0.3 is 0 Å². The summed E-state index contributed by atoms with van der Waals surface area (Å²) in [5.41, 5.74) is 1.02. The summed E-state index contributed by atoms with van der Waals surface area (Å²) in [6.07, 6.45) is 1.86. The number of aliphatic imine (C=N–C) groups is 1. The number of benzene rings is 2. The molecule has 1 aliphatic rings. The van der Waals surface area contributed by atoms with E-state index in [0.717, 1.165) is 44.7 Å². The number of hydrogen-bond donors (Lipinski definition) is 4. The minimum Gasteiger partial charge on any atom is -0.384 e. The molecule has 1 aliphatic heterocycles. The van der Waals surface area contributed by atoms with Crippen LogP contribution in [0.1, 0.15) is 50.8 Å². The Kier molecular flexibility index (Phi) is 8.67. The lowest BCUT2D eigenvalue weighted by atomic mass is 9.88. The van der Waals surface area contributed by atoms with E-state index in [4.69, 9.17) is 9.73 Å². The van der Waals surface area contributed by atoms with Crippen LogP contribution in [0.2, 0.25) is 0 Å². The Labute approximate surface area is 192 Å². The van der Waals surface area contributed by atoms with Crippen LogP contribution in [0.4, 0.5) is 0 Å². The van der Waals surface area contributed by atoms with Crippen LogP contribution in [0.3, 0.4) is 0 Å². The average molecular weight is 439 g/mol. The zero-order chi connectivity index (χ0) is 22.9. The minimum atomic E-state index is -1.03. The first kappa shape index (κ1) is 24.2. The molecule has 6 heteroatoms. The van der Waals surface area contributed by atoms with E-state index in [2.05, 4.69) is 47.1 Å². The molecule has 0 aliphatic carbocycles. The maximum atomic E-state index is 10.9. The Morgan fingerprint density at radius 3 is 2.31 bits per heavy atom. The first-order valence-corrected chi connectivity index (χ1v) is 11.6. The van der Waals surface area contributed by atoms with Gasteiger partial charge in [-0.05, 0) is 44.7 Å². The molecule has 6 nitrogen and oxygen atoms in total. The van der Waals surface area contributed by atoms with Crippen molar-refractivity contribution in [1.82, 2.24) is 16.0 Å². The summed E-state index contributed by atoms with van der Waals surface area (Å²) in [4.78, 5) is 4.70. The van der Waals surface area contributed by atoms with Crippen LogP contribution in [-0.4, -0.2) is 49.5 Å². The van der Waals surface area contributed by atoms with Crippen molar-refractivity contribution in [1.29, 1.82) is 0 Å². The van der Waals surface area contributed by atoms with Crippen molar-refractivity contribution < 1.29 is 9.84 Å². The van der Waals surface area contributed by atoms with Crippen molar-refractivity contribution in [3.05, 3.63) is 71.8 Å². The van der Waals surface area contributed by atoms with Crippen molar-refractivity contribution in [2.45, 2.75) is 50.8 Å². The molecule has 1 heterocycles. The number of ether oxygens (including phenoxy) is 1. The SMILES string of the molecule is CCNC(=NCC(C)(O)c1ccccc1)NCC1(NC(C)c2ccccc2)CCOCC1. The predicted molar refractivity (Wildman–Crippen MR) is 131 cm³/mol. The third-order valence-electron chi connectivity index (χ3n) is 6.15. The number of guanidine groups is 1. The predicted octanol–water partition coefficient (Wildman–Crippen LogP) is 3.35. The van der Waals surface area contributed by atoms with Gasteiger partial charge in [0, 0.05) is 37.9 Å². The topological polar surface area (TPSA) is 77.9 Å². The van der Waals surface area contributed by atoms with Gasteiger partial charge in [0.25, 0.3) is 0 Å². The van der Waals surface area contributed by atoms with Crippen molar-refractivity contribution in [2.24, 2.45) is 4.99 Å². The van der Waals surface area contributed by atoms with Gasteiger partial charge in [-0.1, -0.05) is 60.7 Å². The summed E-state index contributed by atoms with van der Waals surface area (Å²) < 4.78 is 5.66. The van der Waals surface area contributed by atoms with Gasteiger partial charge in [0.1, 0.15) is 5.60 Å². The third kappa shape index (κ3) is 6.79. The first-order chi connectivity index (χ1) is 15.4. The highest BCUT2D eigenvalue weighted by atomic mass is 16.5. The molecule has 2 atom stereocenters. The second-order valence-electron chi connectivity index (χ2n) is 8.86. The Morgan fingerprint density at radius 2 is 1.69 bits per heavy atom. The van der Waals surface area contributed by atoms with Crippen LogP contribution in [-0.2, 0) is 10.3 Å². The summed E-state index contributed by atoms with van der Waals surface area (Å²) in [6.45, 7) is 9.31. The van der Waals surface area contributed by atoms with Gasteiger partial charge in [-0.3, -0.25) is 0 Å². The molecule has 1 fully saturated rings. The second-order valence-corrected chi connectivity index (χ2v) is 8.86. The van der Waals surface area contributed by atoms with Crippen LogP contribution in [0.5, 0.6) is 0 Å². The molecule has 32 heavy (non-hydrogen) atoms. The fourth-order valence-electron chi connectivity index (χ4n) is 4.13. The monoisotopic (exact) mass is 438 g/mol. The van der Waals surface area contributed by atoms with Gasteiger partial charge in [0.05, 0.1) is 6.54 Å². The summed E-state index contributed by atoms with van der Waals surface area (Å²) in [7, 11) is 0. The molecule has 2 aromatic rings. The molecule has 0 aromatic heterocycles. The lowest BCUT2D eigenvalue weighted by Gasteiger charge is -2.41. The lowest BCUT2D eigenvalue weighted by Crippen LogP contribution is -2.58. The van der Waals surface area contributed by atoms with Crippen molar-refractivity contribution in [3.63, 3.8) is 0 Å². The average Bonchev–Trinajstić information content (AvgIpc) is 2.82. The van der Waals surface area contributed by atoms with E-state index < -0.39 is 5.60 Å². The van der Waals surface area contributed by atoms with Gasteiger partial charge in [0.2, 0.25) is 0 Å². The number of hydrogen-bond acceptors (Lipinski definition) is 4. The van der Waals surface area contributed by atoms with Crippen LogP contribution < -0.4 is 16.0 Å². The normalized spacial score (nSPS) is 19.1. The molecule has 1 saturated heterocycles. The maximum absolute atomic E-state index is 10.9. The molecular formula is C26H38N4O2. The minimum absolute atomic E-state index is 0.0916. The second kappa shape index (κ2) is 11.5. The third-order valence-corrected chi connectivity index (χ3v) is 6.15. The number of aliphatic hydroxyl groups is 1. The number of nitrogens with one attached hydrogen (secondary N) is 3. The van der Waals surface area contributed by atoms with Crippen molar-refractivity contribution >= 4 is 5.96 Å². The molecule has 0 saturated carbocycles. The molecule has 0 amide bonds. The van der Waals surface area contributed by atoms with Crippen LogP contribution in [0.15, 0.2) is 65.7 Å². The molecule has 0 spiro atoms. The number of nitrogens with zero attached hydrogens (tertiary/aromatic N) is 1. The van der Waals surface area contributed by atoms with E-state index in [1.54, 1.807) is 6.92 Å². The van der Waals surface area contributed by atoms with E-state index in [1.165, 1.54) is 5.56 Å². The van der Waals surface area contributed by atoms with Crippen LogP contribution >= 0.6 is 0 Å². The summed E-state index contributed by atoms with van der Waals surface area (Å²) in [6, 6.07) is 20.4. The Balaban J connectivity index is 1.68. The molecule has 2 aromatic carbocycles.